The molecule has 1 saturated heterocycles. The lowest BCUT2D eigenvalue weighted by molar-refractivity contribution is -0.0610. The number of hydrogen-bond donors (Lipinski definition) is 0. The van der Waals surface area contributed by atoms with Gasteiger partial charge in [-0.15, -0.1) is 0 Å². The molecule has 2 rings (SSSR count). The molecule has 0 spiro atoms. The van der Waals surface area contributed by atoms with Crippen molar-refractivity contribution in [2.75, 3.05) is 6.61 Å². The van der Waals surface area contributed by atoms with E-state index in [0.29, 0.717) is 6.61 Å². The van der Waals surface area contributed by atoms with Gasteiger partial charge in [-0.05, 0) is 52.3 Å². The zero-order valence-corrected chi connectivity index (χ0v) is 15.9. The number of carbonyl (C=O) groups excluding carboxylic acids is 1. The average Bonchev–Trinajstić information content (AvgIpc) is 2.71. The van der Waals surface area contributed by atoms with Crippen LogP contribution in [0.3, 0.4) is 0 Å². The first-order valence-corrected chi connectivity index (χ1v) is 8.48. The average molecular weight is 382 g/mol. The highest BCUT2D eigenvalue weighted by Gasteiger charge is 2.44. The number of ether oxygens (including phenoxy) is 2. The summed E-state index contributed by atoms with van der Waals surface area (Å²) in [5.74, 6) is 0. The maximum absolute atomic E-state index is 12.5. The highest BCUT2D eigenvalue weighted by atomic mass is 79.9. The minimum absolute atomic E-state index is 0.150. The van der Waals surface area contributed by atoms with Gasteiger partial charge in [0.15, 0.2) is 0 Å². The summed E-state index contributed by atoms with van der Waals surface area (Å²) in [4.78, 5) is 14.2. The van der Waals surface area contributed by atoms with Crippen LogP contribution in [0.2, 0.25) is 0 Å². The first-order valence-electron chi connectivity index (χ1n) is 7.68. The third kappa shape index (κ3) is 4.82. The van der Waals surface area contributed by atoms with Gasteiger partial charge in [-0.3, -0.25) is 4.90 Å². The van der Waals surface area contributed by atoms with Crippen molar-refractivity contribution in [1.82, 2.24) is 4.90 Å². The van der Waals surface area contributed by atoms with Gasteiger partial charge in [0.2, 0.25) is 0 Å². The highest BCUT2D eigenvalue weighted by Crippen LogP contribution is 2.30. The van der Waals surface area contributed by atoms with Gasteiger partial charge in [-0.2, -0.15) is 0 Å². The fourth-order valence-electron chi connectivity index (χ4n) is 2.44. The van der Waals surface area contributed by atoms with Crippen LogP contribution < -0.4 is 0 Å². The lowest BCUT2D eigenvalue weighted by Crippen LogP contribution is -2.49. The molecule has 1 amide bonds. The predicted octanol–water partition coefficient (Wildman–Crippen LogP) is 4.83. The molecule has 1 heterocycles. The quantitative estimate of drug-likeness (QED) is 0.735. The standard InChI is InChI=1S/C18H24BrNO3/c1-17(2,3)23-16(21)20-15(12-22-18(20,4)5)11-8-13-6-9-14(19)10-7-13/h6-11,15H,12H2,1-5H3/t15-/m0/s1. The Balaban J connectivity index is 2.16. The lowest BCUT2D eigenvalue weighted by Gasteiger charge is -2.34. The zero-order chi connectivity index (χ0) is 17.3. The lowest BCUT2D eigenvalue weighted by atomic mass is 10.1. The molecule has 1 aromatic carbocycles. The number of rotatable bonds is 2. The van der Waals surface area contributed by atoms with Crippen molar-refractivity contribution in [2.45, 2.75) is 52.0 Å². The fraction of sp³-hybridized carbons (Fsp3) is 0.500. The summed E-state index contributed by atoms with van der Waals surface area (Å²) in [6, 6.07) is 7.85. The summed E-state index contributed by atoms with van der Waals surface area (Å²) in [6.07, 6.45) is 3.63. The Morgan fingerprint density at radius 2 is 1.96 bits per heavy atom. The minimum Gasteiger partial charge on any atom is -0.444 e. The van der Waals surface area contributed by atoms with E-state index in [9.17, 15) is 4.79 Å². The number of benzene rings is 1. The van der Waals surface area contributed by atoms with Gasteiger partial charge in [-0.25, -0.2) is 4.79 Å². The minimum atomic E-state index is -0.683. The molecule has 0 bridgehead atoms. The second kappa shape index (κ2) is 6.65. The molecule has 23 heavy (non-hydrogen) atoms. The van der Waals surface area contributed by atoms with Crippen molar-refractivity contribution >= 4 is 28.1 Å². The van der Waals surface area contributed by atoms with Gasteiger partial charge < -0.3 is 9.47 Å². The second-order valence-corrected chi connectivity index (χ2v) is 8.00. The molecule has 0 aromatic heterocycles. The topological polar surface area (TPSA) is 38.8 Å². The summed E-state index contributed by atoms with van der Waals surface area (Å²) < 4.78 is 12.3. The Kier molecular flexibility index (Phi) is 5.21. The van der Waals surface area contributed by atoms with Crippen molar-refractivity contribution in [3.05, 3.63) is 40.4 Å². The van der Waals surface area contributed by atoms with Gasteiger partial charge in [0.05, 0.1) is 12.6 Å². The van der Waals surface area contributed by atoms with E-state index < -0.39 is 11.3 Å². The number of halogens is 1. The SMILES string of the molecule is CC(C)(C)OC(=O)N1[C@@H](C=Cc2ccc(Br)cc2)COC1(C)C. The predicted molar refractivity (Wildman–Crippen MR) is 95.1 cm³/mol. The Labute approximate surface area is 146 Å². The van der Waals surface area contributed by atoms with Crippen LogP contribution in [0, 0.1) is 0 Å². The molecule has 0 saturated carbocycles. The van der Waals surface area contributed by atoms with Crippen LogP contribution in [0.4, 0.5) is 4.79 Å². The summed E-state index contributed by atoms with van der Waals surface area (Å²) in [7, 11) is 0. The van der Waals surface area contributed by atoms with E-state index in [-0.39, 0.29) is 12.1 Å². The number of hydrogen-bond acceptors (Lipinski definition) is 3. The second-order valence-electron chi connectivity index (χ2n) is 7.09. The number of nitrogens with zero attached hydrogens (tertiary/aromatic N) is 1. The van der Waals surface area contributed by atoms with Gasteiger partial charge >= 0.3 is 6.09 Å². The first kappa shape index (κ1) is 18.0. The Morgan fingerprint density at radius 3 is 2.52 bits per heavy atom. The summed E-state index contributed by atoms with van der Waals surface area (Å²) >= 11 is 3.42. The molecule has 1 aliphatic rings. The molecule has 1 aromatic rings. The Hall–Kier alpha value is -1.33. The van der Waals surface area contributed by atoms with E-state index in [0.717, 1.165) is 10.0 Å². The fourth-order valence-corrected chi connectivity index (χ4v) is 2.70. The van der Waals surface area contributed by atoms with Crippen molar-refractivity contribution in [1.29, 1.82) is 0 Å². The molecule has 0 unspecified atom stereocenters. The van der Waals surface area contributed by atoms with E-state index >= 15 is 0 Å². The molecule has 1 fully saturated rings. The first-order chi connectivity index (χ1) is 10.6. The number of carbonyl (C=O) groups is 1. The molecule has 0 radical (unpaired) electrons. The van der Waals surface area contributed by atoms with Crippen molar-refractivity contribution in [2.24, 2.45) is 0 Å². The van der Waals surface area contributed by atoms with Crippen LogP contribution in [0.5, 0.6) is 0 Å². The summed E-state index contributed by atoms with van der Waals surface area (Å²) in [6.45, 7) is 9.80. The molecular formula is C18H24BrNO3. The van der Waals surface area contributed by atoms with Gasteiger partial charge in [-0.1, -0.05) is 40.2 Å². The summed E-state index contributed by atoms with van der Waals surface area (Å²) in [5, 5.41) is 0. The third-order valence-corrected chi connectivity index (χ3v) is 4.02. The van der Waals surface area contributed by atoms with Crippen molar-refractivity contribution in [3.8, 4) is 0 Å². The van der Waals surface area contributed by atoms with Crippen LogP contribution in [0.15, 0.2) is 34.8 Å². The maximum atomic E-state index is 12.5. The maximum Gasteiger partial charge on any atom is 0.413 e. The van der Waals surface area contributed by atoms with Crippen LogP contribution in [-0.2, 0) is 9.47 Å². The Morgan fingerprint density at radius 1 is 1.35 bits per heavy atom. The molecule has 1 atom stereocenters. The van der Waals surface area contributed by atoms with Crippen molar-refractivity contribution < 1.29 is 14.3 Å². The largest absolute Gasteiger partial charge is 0.444 e. The van der Waals surface area contributed by atoms with Crippen molar-refractivity contribution in [3.63, 3.8) is 0 Å². The molecule has 5 heteroatoms. The summed E-state index contributed by atoms with van der Waals surface area (Å²) in [5.41, 5.74) is -0.144. The number of amides is 1. The molecule has 126 valence electrons. The smallest absolute Gasteiger partial charge is 0.413 e. The van der Waals surface area contributed by atoms with Gasteiger partial charge in [0.1, 0.15) is 11.3 Å². The molecule has 0 aliphatic carbocycles. The van der Waals surface area contributed by atoms with Crippen LogP contribution in [0.1, 0.15) is 40.2 Å². The Bertz CT molecular complexity index is 587. The van der Waals surface area contributed by atoms with Crippen LogP contribution >= 0.6 is 15.9 Å². The van der Waals surface area contributed by atoms with E-state index in [4.69, 9.17) is 9.47 Å². The normalized spacial score (nSPS) is 21.0. The van der Waals surface area contributed by atoms with Crippen LogP contribution in [0.25, 0.3) is 6.08 Å². The molecule has 1 aliphatic heterocycles. The molecule has 4 nitrogen and oxygen atoms in total. The van der Waals surface area contributed by atoms with Gasteiger partial charge in [0.25, 0.3) is 0 Å². The van der Waals surface area contributed by atoms with Gasteiger partial charge in [0, 0.05) is 4.47 Å². The highest BCUT2D eigenvalue weighted by molar-refractivity contribution is 9.10. The van der Waals surface area contributed by atoms with E-state index in [1.807, 2.05) is 71.0 Å². The van der Waals surface area contributed by atoms with E-state index in [2.05, 4.69) is 15.9 Å². The third-order valence-electron chi connectivity index (χ3n) is 3.49. The van der Waals surface area contributed by atoms with E-state index in [1.165, 1.54) is 0 Å². The molecular weight excluding hydrogens is 358 g/mol. The molecule has 0 N–H and O–H groups in total. The van der Waals surface area contributed by atoms with E-state index in [1.54, 1.807) is 4.90 Å². The van der Waals surface area contributed by atoms with Crippen LogP contribution in [-0.4, -0.2) is 35.0 Å². The zero-order valence-electron chi connectivity index (χ0n) is 14.3. The monoisotopic (exact) mass is 381 g/mol.